The molecule has 1 aliphatic rings. The first-order valence-electron chi connectivity index (χ1n) is 5.64. The number of hydrogen-bond donors (Lipinski definition) is 0. The maximum Gasteiger partial charge on any atom is 0.293 e. The SMILES string of the molecule is CN1C(=O)S/C(=C\c2cc(Cl)c(OCC#N)c(Br)c2)C1=O. The van der Waals surface area contributed by atoms with Gasteiger partial charge in [0.1, 0.15) is 6.07 Å². The zero-order valence-corrected chi connectivity index (χ0v) is 13.9. The summed E-state index contributed by atoms with van der Waals surface area (Å²) in [6.07, 6.45) is 1.58. The summed E-state index contributed by atoms with van der Waals surface area (Å²) in [5, 5.41) is 8.51. The Morgan fingerprint density at radius 3 is 2.76 bits per heavy atom. The van der Waals surface area contributed by atoms with E-state index >= 15 is 0 Å². The van der Waals surface area contributed by atoms with Gasteiger partial charge in [-0.15, -0.1) is 0 Å². The van der Waals surface area contributed by atoms with Crippen molar-refractivity contribution in [3.63, 3.8) is 0 Å². The molecule has 21 heavy (non-hydrogen) atoms. The predicted molar refractivity (Wildman–Crippen MR) is 84.0 cm³/mol. The Balaban J connectivity index is 2.33. The smallest absolute Gasteiger partial charge is 0.293 e. The zero-order valence-electron chi connectivity index (χ0n) is 10.7. The van der Waals surface area contributed by atoms with Crippen LogP contribution >= 0.6 is 39.3 Å². The van der Waals surface area contributed by atoms with Crippen molar-refractivity contribution < 1.29 is 14.3 Å². The largest absolute Gasteiger partial charge is 0.476 e. The maximum absolute atomic E-state index is 11.8. The topological polar surface area (TPSA) is 70.4 Å². The number of benzene rings is 1. The van der Waals surface area contributed by atoms with Crippen LogP contribution in [0.25, 0.3) is 6.08 Å². The van der Waals surface area contributed by atoms with Crippen LogP contribution in [0.2, 0.25) is 5.02 Å². The second kappa shape index (κ2) is 6.52. The molecular formula is C13H8BrClN2O3S. The fourth-order valence-electron chi connectivity index (χ4n) is 1.60. The van der Waals surface area contributed by atoms with Crippen LogP contribution in [0.5, 0.6) is 5.75 Å². The molecule has 2 rings (SSSR count). The van der Waals surface area contributed by atoms with Gasteiger partial charge in [-0.25, -0.2) is 0 Å². The number of hydrogen-bond acceptors (Lipinski definition) is 5. The first-order chi connectivity index (χ1) is 9.93. The van der Waals surface area contributed by atoms with E-state index in [4.69, 9.17) is 21.6 Å². The standard InChI is InChI=1S/C13H8BrClN2O3S/c1-17-12(18)10(21-13(17)19)6-7-4-8(14)11(9(15)5-7)20-3-2-16/h4-6H,3H2,1H3/b10-6-. The Hall–Kier alpha value is -1.49. The van der Waals surface area contributed by atoms with Crippen LogP contribution in [0.15, 0.2) is 21.5 Å². The highest BCUT2D eigenvalue weighted by atomic mass is 79.9. The lowest BCUT2D eigenvalue weighted by atomic mass is 10.2. The molecular weight excluding hydrogens is 380 g/mol. The van der Waals surface area contributed by atoms with Crippen LogP contribution < -0.4 is 4.74 Å². The number of likely N-dealkylation sites (N-methyl/N-ethyl adjacent to an activating group) is 1. The van der Waals surface area contributed by atoms with Crippen LogP contribution in [-0.2, 0) is 4.79 Å². The maximum atomic E-state index is 11.8. The van der Waals surface area contributed by atoms with Crippen LogP contribution in [0.3, 0.4) is 0 Å². The van der Waals surface area contributed by atoms with Crippen LogP contribution in [0, 0.1) is 11.3 Å². The second-order valence-corrected chi connectivity index (χ2v) is 6.26. The molecule has 108 valence electrons. The highest BCUT2D eigenvalue weighted by Gasteiger charge is 2.31. The Morgan fingerprint density at radius 1 is 1.52 bits per heavy atom. The summed E-state index contributed by atoms with van der Waals surface area (Å²) in [7, 11) is 1.43. The van der Waals surface area contributed by atoms with Crippen LogP contribution in [0.4, 0.5) is 4.79 Å². The van der Waals surface area contributed by atoms with Gasteiger partial charge in [0.2, 0.25) is 0 Å². The minimum atomic E-state index is -0.345. The highest BCUT2D eigenvalue weighted by Crippen LogP contribution is 2.37. The van der Waals surface area contributed by atoms with E-state index < -0.39 is 0 Å². The molecule has 8 heteroatoms. The number of carbonyl (C=O) groups is 2. The van der Waals surface area contributed by atoms with E-state index in [0.717, 1.165) is 16.7 Å². The average Bonchev–Trinajstić information content (AvgIpc) is 2.65. The van der Waals surface area contributed by atoms with Crippen molar-refractivity contribution in [2.45, 2.75) is 0 Å². The van der Waals surface area contributed by atoms with Crippen molar-refractivity contribution >= 4 is 56.5 Å². The molecule has 0 saturated carbocycles. The number of ether oxygens (including phenoxy) is 1. The number of amides is 2. The Bertz CT molecular complexity index is 676. The Kier molecular flexibility index (Phi) is 4.93. The van der Waals surface area contributed by atoms with Gasteiger partial charge < -0.3 is 4.74 Å². The van der Waals surface area contributed by atoms with Gasteiger partial charge in [-0.1, -0.05) is 11.6 Å². The minimum Gasteiger partial charge on any atom is -0.476 e. The van der Waals surface area contributed by atoms with Gasteiger partial charge in [0.05, 0.1) is 14.4 Å². The quantitative estimate of drug-likeness (QED) is 0.740. The van der Waals surface area contributed by atoms with Crippen molar-refractivity contribution in [1.82, 2.24) is 4.90 Å². The lowest BCUT2D eigenvalue weighted by molar-refractivity contribution is -0.121. The number of carbonyl (C=O) groups excluding carboxylic acids is 2. The molecule has 0 unspecified atom stereocenters. The minimum absolute atomic E-state index is 0.119. The summed E-state index contributed by atoms with van der Waals surface area (Å²) < 4.78 is 5.76. The molecule has 1 heterocycles. The third-order valence-electron chi connectivity index (χ3n) is 2.59. The van der Waals surface area contributed by atoms with Gasteiger partial charge in [0.25, 0.3) is 11.1 Å². The monoisotopic (exact) mass is 386 g/mol. The third-order valence-corrected chi connectivity index (χ3v) is 4.42. The molecule has 1 aliphatic heterocycles. The van der Waals surface area contributed by atoms with E-state index in [0.29, 0.717) is 25.7 Å². The molecule has 0 spiro atoms. The third kappa shape index (κ3) is 3.40. The van der Waals surface area contributed by atoms with Crippen molar-refractivity contribution in [3.8, 4) is 11.8 Å². The van der Waals surface area contributed by atoms with Gasteiger partial charge >= 0.3 is 0 Å². The van der Waals surface area contributed by atoms with Gasteiger partial charge in [-0.3, -0.25) is 14.5 Å². The Morgan fingerprint density at radius 2 is 2.24 bits per heavy atom. The normalized spacial score (nSPS) is 16.5. The van der Waals surface area contributed by atoms with E-state index in [-0.39, 0.29) is 17.8 Å². The number of nitrogens with zero attached hydrogens (tertiary/aromatic N) is 2. The first-order valence-corrected chi connectivity index (χ1v) is 7.63. The number of imide groups is 1. The highest BCUT2D eigenvalue weighted by molar-refractivity contribution is 9.10. The number of halogens is 2. The molecule has 0 aliphatic carbocycles. The van der Waals surface area contributed by atoms with Gasteiger partial charge in [0, 0.05) is 7.05 Å². The van der Waals surface area contributed by atoms with Crippen molar-refractivity contribution in [1.29, 1.82) is 5.26 Å². The summed E-state index contributed by atoms with van der Waals surface area (Å²) >= 11 is 10.3. The lowest BCUT2D eigenvalue weighted by Gasteiger charge is -2.08. The molecule has 1 saturated heterocycles. The molecule has 0 bridgehead atoms. The van der Waals surface area contributed by atoms with E-state index in [1.807, 2.05) is 6.07 Å². The fraction of sp³-hybridized carbons (Fsp3) is 0.154. The molecule has 0 aromatic heterocycles. The molecule has 1 aromatic carbocycles. The van der Waals surface area contributed by atoms with E-state index in [1.54, 1.807) is 18.2 Å². The molecule has 2 amide bonds. The molecule has 5 nitrogen and oxygen atoms in total. The molecule has 1 aromatic rings. The fourth-order valence-corrected chi connectivity index (χ4v) is 3.42. The van der Waals surface area contributed by atoms with E-state index in [1.165, 1.54) is 7.05 Å². The predicted octanol–water partition coefficient (Wildman–Crippen LogP) is 3.67. The molecule has 1 fully saturated rings. The number of nitriles is 1. The summed E-state index contributed by atoms with van der Waals surface area (Å²) in [6.45, 7) is -0.119. The first kappa shape index (κ1) is 15.9. The van der Waals surface area contributed by atoms with E-state index in [2.05, 4.69) is 15.9 Å². The van der Waals surface area contributed by atoms with E-state index in [9.17, 15) is 9.59 Å². The average molecular weight is 388 g/mol. The van der Waals surface area contributed by atoms with Gasteiger partial charge in [-0.05, 0) is 51.5 Å². The van der Waals surface area contributed by atoms with Crippen LogP contribution in [0.1, 0.15) is 5.56 Å². The van der Waals surface area contributed by atoms with Crippen molar-refractivity contribution in [2.75, 3.05) is 13.7 Å². The van der Waals surface area contributed by atoms with Crippen LogP contribution in [-0.4, -0.2) is 29.7 Å². The second-order valence-electron chi connectivity index (χ2n) is 4.00. The molecule has 0 radical (unpaired) electrons. The number of rotatable bonds is 3. The van der Waals surface area contributed by atoms with Gasteiger partial charge in [-0.2, -0.15) is 5.26 Å². The number of thioether (sulfide) groups is 1. The summed E-state index contributed by atoms with van der Waals surface area (Å²) in [5.41, 5.74) is 0.648. The van der Waals surface area contributed by atoms with Gasteiger partial charge in [0.15, 0.2) is 12.4 Å². The molecule has 0 N–H and O–H groups in total. The Labute approximate surface area is 138 Å². The van der Waals surface area contributed by atoms with Crippen molar-refractivity contribution in [3.05, 3.63) is 32.1 Å². The zero-order chi connectivity index (χ0) is 15.6. The lowest BCUT2D eigenvalue weighted by Crippen LogP contribution is -2.22. The molecule has 0 atom stereocenters. The summed E-state index contributed by atoms with van der Waals surface area (Å²) in [6, 6.07) is 5.15. The van der Waals surface area contributed by atoms with Crippen molar-refractivity contribution in [2.24, 2.45) is 0 Å². The summed E-state index contributed by atoms with van der Waals surface area (Å²) in [5.74, 6) is 0.0148. The summed E-state index contributed by atoms with van der Waals surface area (Å²) in [4.78, 5) is 24.6.